The molecule has 1 fully saturated rings. The van der Waals surface area contributed by atoms with Crippen molar-refractivity contribution in [3.63, 3.8) is 0 Å². The topological polar surface area (TPSA) is 108 Å². The van der Waals surface area contributed by atoms with Crippen LogP contribution in [-0.2, 0) is 22.7 Å². The van der Waals surface area contributed by atoms with Crippen LogP contribution < -0.4 is 10.6 Å². The maximum atomic E-state index is 12.9. The zero-order valence-electron chi connectivity index (χ0n) is 16.4. The largest absolute Gasteiger partial charge is 0.346 e. The van der Waals surface area contributed by atoms with Gasteiger partial charge in [0.25, 0.3) is 11.8 Å². The minimum absolute atomic E-state index is 0.222. The number of thiazole rings is 1. The Kier molecular flexibility index (Phi) is 4.74. The number of rotatable bonds is 4. The Hall–Kier alpha value is -3.59. The van der Waals surface area contributed by atoms with Crippen molar-refractivity contribution in [3.8, 4) is 0 Å². The standard InChI is InChI=1S/C22H18N4O4S/c27-18-8-7-16(19(28)25-18)26-11-13-6-5-12(9-14(13)22(26)30)10-23-20(29)21-24-15-3-1-2-4-17(15)31-21/h1-6,9,16H,7-8,10-11H2,(H,23,29)(H,25,27,28). The van der Waals surface area contributed by atoms with Crippen molar-refractivity contribution in [2.24, 2.45) is 0 Å². The highest BCUT2D eigenvalue weighted by Crippen LogP contribution is 2.28. The molecule has 4 amide bonds. The number of imide groups is 1. The molecule has 3 heterocycles. The van der Waals surface area contributed by atoms with Gasteiger partial charge < -0.3 is 10.2 Å². The lowest BCUT2D eigenvalue weighted by Crippen LogP contribution is -2.52. The van der Waals surface area contributed by atoms with E-state index in [0.717, 1.165) is 21.3 Å². The molecule has 1 atom stereocenters. The lowest BCUT2D eigenvalue weighted by atomic mass is 10.0. The van der Waals surface area contributed by atoms with Crippen molar-refractivity contribution < 1.29 is 19.2 Å². The van der Waals surface area contributed by atoms with Crippen LogP contribution in [0.1, 0.15) is 44.1 Å². The highest BCUT2D eigenvalue weighted by Gasteiger charge is 2.39. The number of fused-ring (bicyclic) bond motifs is 2. The summed E-state index contributed by atoms with van der Waals surface area (Å²) in [5.41, 5.74) is 2.92. The molecule has 3 aromatic rings. The molecule has 2 aliphatic rings. The summed E-state index contributed by atoms with van der Waals surface area (Å²) < 4.78 is 0.948. The molecule has 31 heavy (non-hydrogen) atoms. The van der Waals surface area contributed by atoms with E-state index in [9.17, 15) is 19.2 Å². The monoisotopic (exact) mass is 434 g/mol. The Morgan fingerprint density at radius 3 is 2.84 bits per heavy atom. The van der Waals surface area contributed by atoms with Gasteiger partial charge in [-0.2, -0.15) is 0 Å². The molecular weight excluding hydrogens is 416 g/mol. The molecule has 5 rings (SSSR count). The van der Waals surface area contributed by atoms with Crippen molar-refractivity contribution >= 4 is 45.2 Å². The van der Waals surface area contributed by atoms with Gasteiger partial charge in [-0.1, -0.05) is 24.3 Å². The van der Waals surface area contributed by atoms with Crippen molar-refractivity contribution in [1.82, 2.24) is 20.5 Å². The van der Waals surface area contributed by atoms with E-state index in [4.69, 9.17) is 0 Å². The summed E-state index contributed by atoms with van der Waals surface area (Å²) in [4.78, 5) is 54.8. The lowest BCUT2D eigenvalue weighted by Gasteiger charge is -2.29. The predicted octanol–water partition coefficient (Wildman–Crippen LogP) is 1.99. The fourth-order valence-corrected chi connectivity index (χ4v) is 4.82. The average Bonchev–Trinajstić information content (AvgIpc) is 3.34. The number of carbonyl (C=O) groups excluding carboxylic acids is 4. The Labute approximate surface area is 181 Å². The van der Waals surface area contributed by atoms with Crippen molar-refractivity contribution in [2.45, 2.75) is 32.0 Å². The molecule has 2 N–H and O–H groups in total. The van der Waals surface area contributed by atoms with Crippen LogP contribution in [0.2, 0.25) is 0 Å². The molecule has 2 aromatic carbocycles. The zero-order chi connectivity index (χ0) is 21.5. The third-order valence-electron chi connectivity index (χ3n) is 5.53. The van der Waals surface area contributed by atoms with Gasteiger partial charge in [-0.3, -0.25) is 24.5 Å². The number of nitrogens with zero attached hydrogens (tertiary/aromatic N) is 2. The Morgan fingerprint density at radius 2 is 2.03 bits per heavy atom. The van der Waals surface area contributed by atoms with Crippen LogP contribution >= 0.6 is 11.3 Å². The third kappa shape index (κ3) is 3.57. The number of carbonyl (C=O) groups is 4. The molecule has 0 bridgehead atoms. The molecular formula is C22H18N4O4S. The summed E-state index contributed by atoms with van der Waals surface area (Å²) in [5.74, 6) is -1.24. The SMILES string of the molecule is O=C1CCC(N2Cc3ccc(CNC(=O)c4nc5ccccc5s4)cc3C2=O)C(=O)N1. The number of benzene rings is 2. The van der Waals surface area contributed by atoms with Crippen LogP contribution in [0.5, 0.6) is 0 Å². The fraction of sp³-hybridized carbons (Fsp3) is 0.227. The predicted molar refractivity (Wildman–Crippen MR) is 113 cm³/mol. The van der Waals surface area contributed by atoms with E-state index in [2.05, 4.69) is 15.6 Å². The molecule has 1 unspecified atom stereocenters. The Bertz CT molecular complexity index is 1220. The van der Waals surface area contributed by atoms with E-state index >= 15 is 0 Å². The first-order valence-electron chi connectivity index (χ1n) is 9.90. The van der Waals surface area contributed by atoms with Gasteiger partial charge in [0, 0.05) is 25.1 Å². The summed E-state index contributed by atoms with van der Waals surface area (Å²) in [5, 5.41) is 5.54. The normalized spacial score (nSPS) is 18.3. The second-order valence-corrected chi connectivity index (χ2v) is 8.59. The first kappa shape index (κ1) is 19.4. The van der Waals surface area contributed by atoms with Gasteiger partial charge in [-0.25, -0.2) is 4.98 Å². The molecule has 0 radical (unpaired) electrons. The molecule has 1 saturated heterocycles. The van der Waals surface area contributed by atoms with Crippen LogP contribution in [0.4, 0.5) is 0 Å². The van der Waals surface area contributed by atoms with Crippen LogP contribution in [0.3, 0.4) is 0 Å². The first-order valence-corrected chi connectivity index (χ1v) is 10.7. The maximum absolute atomic E-state index is 12.9. The van der Waals surface area contributed by atoms with Gasteiger partial charge in [0.15, 0.2) is 5.01 Å². The molecule has 0 saturated carbocycles. The van der Waals surface area contributed by atoms with Crippen molar-refractivity contribution in [2.75, 3.05) is 0 Å². The molecule has 2 aliphatic heterocycles. The minimum atomic E-state index is -0.639. The summed E-state index contributed by atoms with van der Waals surface area (Å²) >= 11 is 1.33. The van der Waals surface area contributed by atoms with E-state index in [-0.39, 0.29) is 30.7 Å². The summed E-state index contributed by atoms with van der Waals surface area (Å²) in [6.07, 6.45) is 0.551. The number of aromatic nitrogens is 1. The molecule has 1 aromatic heterocycles. The van der Waals surface area contributed by atoms with Crippen LogP contribution in [0, 0.1) is 0 Å². The van der Waals surface area contributed by atoms with E-state index in [0.29, 0.717) is 23.5 Å². The molecule has 156 valence electrons. The quantitative estimate of drug-likeness (QED) is 0.611. The summed E-state index contributed by atoms with van der Waals surface area (Å²) in [6.45, 7) is 0.590. The number of hydrogen-bond acceptors (Lipinski definition) is 6. The highest BCUT2D eigenvalue weighted by molar-refractivity contribution is 7.20. The number of piperidine rings is 1. The van der Waals surface area contributed by atoms with Gasteiger partial charge in [-0.15, -0.1) is 11.3 Å². The van der Waals surface area contributed by atoms with Crippen LogP contribution in [-0.4, -0.2) is 39.6 Å². The number of amides is 4. The first-order chi connectivity index (χ1) is 15.0. The van der Waals surface area contributed by atoms with E-state index in [1.807, 2.05) is 36.4 Å². The minimum Gasteiger partial charge on any atom is -0.346 e. The number of para-hydroxylation sites is 1. The highest BCUT2D eigenvalue weighted by atomic mass is 32.1. The molecule has 8 nitrogen and oxygen atoms in total. The van der Waals surface area contributed by atoms with Crippen LogP contribution in [0.15, 0.2) is 42.5 Å². The van der Waals surface area contributed by atoms with Crippen molar-refractivity contribution in [1.29, 1.82) is 0 Å². The number of hydrogen-bond donors (Lipinski definition) is 2. The second-order valence-electron chi connectivity index (χ2n) is 7.56. The van der Waals surface area contributed by atoms with Gasteiger partial charge >= 0.3 is 0 Å². The fourth-order valence-electron chi connectivity index (χ4n) is 3.94. The third-order valence-corrected chi connectivity index (χ3v) is 6.57. The second kappa shape index (κ2) is 7.59. The molecule has 9 heteroatoms. The van der Waals surface area contributed by atoms with E-state index < -0.39 is 11.9 Å². The molecule has 0 aliphatic carbocycles. The zero-order valence-corrected chi connectivity index (χ0v) is 17.2. The Morgan fingerprint density at radius 1 is 1.19 bits per heavy atom. The summed E-state index contributed by atoms with van der Waals surface area (Å²) in [7, 11) is 0. The molecule has 0 spiro atoms. The van der Waals surface area contributed by atoms with Gasteiger partial charge in [0.1, 0.15) is 6.04 Å². The van der Waals surface area contributed by atoms with E-state index in [1.54, 1.807) is 6.07 Å². The van der Waals surface area contributed by atoms with E-state index in [1.165, 1.54) is 16.2 Å². The smallest absolute Gasteiger partial charge is 0.280 e. The van der Waals surface area contributed by atoms with Crippen molar-refractivity contribution in [3.05, 3.63) is 64.2 Å². The Balaban J connectivity index is 1.28. The average molecular weight is 434 g/mol. The number of nitrogens with one attached hydrogen (secondary N) is 2. The lowest BCUT2D eigenvalue weighted by molar-refractivity contribution is -0.136. The maximum Gasteiger partial charge on any atom is 0.280 e. The van der Waals surface area contributed by atoms with Crippen LogP contribution in [0.25, 0.3) is 10.2 Å². The summed E-state index contributed by atoms with van der Waals surface area (Å²) in [6, 6.07) is 12.4. The van der Waals surface area contributed by atoms with Gasteiger partial charge in [0.2, 0.25) is 11.8 Å². The van der Waals surface area contributed by atoms with Gasteiger partial charge in [-0.05, 0) is 35.7 Å². The van der Waals surface area contributed by atoms with Gasteiger partial charge in [0.05, 0.1) is 10.2 Å².